The van der Waals surface area contributed by atoms with E-state index >= 15 is 0 Å². The standard InChI is InChI=1S/C13H16N4O3/c1-7-8(2)16-17-13(14-7)15-11(18)9-5-3-4-6-10(9)12(19)20/h3-4,9-10H,5-6H2,1-2H3,(H,19,20)(H,14,15,17,18). The summed E-state index contributed by atoms with van der Waals surface area (Å²) in [5, 5.41) is 19.3. The smallest absolute Gasteiger partial charge is 0.307 e. The number of aryl methyl sites for hydroxylation is 2. The third kappa shape index (κ3) is 2.98. The van der Waals surface area contributed by atoms with Crippen molar-refractivity contribution in [2.45, 2.75) is 26.7 Å². The molecule has 2 rings (SSSR count). The van der Waals surface area contributed by atoms with Crippen LogP contribution in [0.2, 0.25) is 0 Å². The van der Waals surface area contributed by atoms with Crippen LogP contribution in [0.5, 0.6) is 0 Å². The number of aromatic nitrogens is 3. The fraction of sp³-hybridized carbons (Fsp3) is 0.462. The van der Waals surface area contributed by atoms with Gasteiger partial charge in [0, 0.05) is 0 Å². The first-order valence-corrected chi connectivity index (χ1v) is 6.35. The molecule has 2 N–H and O–H groups in total. The minimum absolute atomic E-state index is 0.108. The molecule has 1 aliphatic carbocycles. The molecule has 2 unspecified atom stereocenters. The van der Waals surface area contributed by atoms with E-state index in [1.54, 1.807) is 19.9 Å². The predicted molar refractivity (Wildman–Crippen MR) is 70.9 cm³/mol. The number of aliphatic carboxylic acids is 1. The van der Waals surface area contributed by atoms with E-state index in [1.165, 1.54) is 0 Å². The average molecular weight is 276 g/mol. The van der Waals surface area contributed by atoms with Crippen LogP contribution in [0.3, 0.4) is 0 Å². The second kappa shape index (κ2) is 5.77. The van der Waals surface area contributed by atoms with E-state index in [9.17, 15) is 9.59 Å². The van der Waals surface area contributed by atoms with Crippen LogP contribution >= 0.6 is 0 Å². The van der Waals surface area contributed by atoms with Crippen LogP contribution in [0.4, 0.5) is 5.95 Å². The van der Waals surface area contributed by atoms with Crippen molar-refractivity contribution in [3.63, 3.8) is 0 Å². The summed E-state index contributed by atoms with van der Waals surface area (Å²) < 4.78 is 0. The Morgan fingerprint density at radius 2 is 1.80 bits per heavy atom. The number of carbonyl (C=O) groups is 2. The van der Waals surface area contributed by atoms with Gasteiger partial charge < -0.3 is 5.11 Å². The lowest BCUT2D eigenvalue weighted by Crippen LogP contribution is -2.35. The number of nitrogens with one attached hydrogen (secondary N) is 1. The normalized spacial score (nSPS) is 21.5. The predicted octanol–water partition coefficient (Wildman–Crippen LogP) is 1.09. The molecule has 20 heavy (non-hydrogen) atoms. The molecule has 1 heterocycles. The van der Waals surface area contributed by atoms with Crippen molar-refractivity contribution in [3.05, 3.63) is 23.5 Å². The maximum atomic E-state index is 12.2. The number of hydrogen-bond acceptors (Lipinski definition) is 5. The summed E-state index contributed by atoms with van der Waals surface area (Å²) in [6, 6.07) is 0. The molecule has 7 nitrogen and oxygen atoms in total. The van der Waals surface area contributed by atoms with E-state index in [0.29, 0.717) is 24.2 Å². The molecule has 0 bridgehead atoms. The van der Waals surface area contributed by atoms with Gasteiger partial charge in [0.05, 0.1) is 23.2 Å². The first kappa shape index (κ1) is 14.1. The molecular weight excluding hydrogens is 260 g/mol. The van der Waals surface area contributed by atoms with E-state index in [4.69, 9.17) is 5.11 Å². The van der Waals surface area contributed by atoms with Crippen molar-refractivity contribution < 1.29 is 14.7 Å². The van der Waals surface area contributed by atoms with Gasteiger partial charge in [-0.1, -0.05) is 12.2 Å². The Bertz CT molecular complexity index is 571. The molecule has 106 valence electrons. The van der Waals surface area contributed by atoms with Gasteiger partial charge in [-0.3, -0.25) is 14.9 Å². The third-order valence-corrected chi connectivity index (χ3v) is 3.41. The summed E-state index contributed by atoms with van der Waals surface area (Å²) in [6.07, 6.45) is 4.38. The number of carboxylic acids is 1. The molecule has 0 aliphatic heterocycles. The Kier molecular flexibility index (Phi) is 4.07. The number of rotatable bonds is 3. The Hall–Kier alpha value is -2.31. The number of anilines is 1. The summed E-state index contributed by atoms with van der Waals surface area (Å²) in [6.45, 7) is 3.54. The van der Waals surface area contributed by atoms with Gasteiger partial charge in [0.2, 0.25) is 11.9 Å². The maximum absolute atomic E-state index is 12.2. The molecule has 0 saturated heterocycles. The molecule has 2 atom stereocenters. The largest absolute Gasteiger partial charge is 0.481 e. The van der Waals surface area contributed by atoms with Crippen LogP contribution < -0.4 is 5.32 Å². The van der Waals surface area contributed by atoms with E-state index < -0.39 is 17.8 Å². The van der Waals surface area contributed by atoms with Gasteiger partial charge in [0.1, 0.15) is 0 Å². The molecule has 7 heteroatoms. The van der Waals surface area contributed by atoms with Gasteiger partial charge in [-0.15, -0.1) is 5.10 Å². The van der Waals surface area contributed by atoms with Gasteiger partial charge >= 0.3 is 5.97 Å². The summed E-state index contributed by atoms with van der Waals surface area (Å²) in [5.41, 5.74) is 1.36. The monoisotopic (exact) mass is 276 g/mol. The number of carbonyl (C=O) groups excluding carboxylic acids is 1. The zero-order valence-electron chi connectivity index (χ0n) is 11.3. The molecule has 0 saturated carbocycles. The molecule has 1 aromatic heterocycles. The average Bonchev–Trinajstić information content (AvgIpc) is 2.43. The molecule has 1 aliphatic rings. The minimum Gasteiger partial charge on any atom is -0.481 e. The first-order valence-electron chi connectivity index (χ1n) is 6.35. The van der Waals surface area contributed by atoms with E-state index in [2.05, 4.69) is 20.5 Å². The maximum Gasteiger partial charge on any atom is 0.307 e. The van der Waals surface area contributed by atoms with Crippen molar-refractivity contribution >= 4 is 17.8 Å². The van der Waals surface area contributed by atoms with Crippen LogP contribution in [-0.2, 0) is 9.59 Å². The SMILES string of the molecule is Cc1nnc(NC(=O)C2CC=CCC2C(=O)O)nc1C. The summed E-state index contributed by atoms with van der Waals surface area (Å²) in [5.74, 6) is -2.56. The highest BCUT2D eigenvalue weighted by Gasteiger charge is 2.34. The molecule has 1 aromatic rings. The summed E-state index contributed by atoms with van der Waals surface area (Å²) in [4.78, 5) is 27.4. The van der Waals surface area contributed by atoms with Crippen LogP contribution in [0, 0.1) is 25.7 Å². The van der Waals surface area contributed by atoms with Gasteiger partial charge in [0.25, 0.3) is 0 Å². The second-order valence-electron chi connectivity index (χ2n) is 4.79. The number of amides is 1. The number of allylic oxidation sites excluding steroid dienone is 2. The lowest BCUT2D eigenvalue weighted by atomic mass is 9.82. The van der Waals surface area contributed by atoms with E-state index in [0.717, 1.165) is 0 Å². The topological polar surface area (TPSA) is 105 Å². The number of carboxylic acid groups (broad SMARTS) is 1. The number of nitrogens with zero attached hydrogens (tertiary/aromatic N) is 3. The molecule has 0 aromatic carbocycles. The Balaban J connectivity index is 2.12. The van der Waals surface area contributed by atoms with Crippen LogP contribution in [0.15, 0.2) is 12.2 Å². The Morgan fingerprint density at radius 3 is 2.40 bits per heavy atom. The summed E-state index contributed by atoms with van der Waals surface area (Å²) in [7, 11) is 0. The fourth-order valence-corrected chi connectivity index (χ4v) is 2.09. The zero-order valence-corrected chi connectivity index (χ0v) is 11.3. The first-order chi connectivity index (χ1) is 9.49. The van der Waals surface area contributed by atoms with Crippen molar-refractivity contribution in [1.82, 2.24) is 15.2 Å². The van der Waals surface area contributed by atoms with Crippen LogP contribution in [0.1, 0.15) is 24.2 Å². The van der Waals surface area contributed by atoms with Crippen molar-refractivity contribution in [2.75, 3.05) is 5.32 Å². The Labute approximate surface area is 116 Å². The molecule has 1 amide bonds. The second-order valence-corrected chi connectivity index (χ2v) is 4.79. The summed E-state index contributed by atoms with van der Waals surface area (Å²) >= 11 is 0. The number of hydrogen-bond donors (Lipinski definition) is 2. The van der Waals surface area contributed by atoms with Crippen molar-refractivity contribution in [1.29, 1.82) is 0 Å². The molecule has 0 spiro atoms. The van der Waals surface area contributed by atoms with Crippen LogP contribution in [-0.4, -0.2) is 32.2 Å². The Morgan fingerprint density at radius 1 is 1.15 bits per heavy atom. The minimum atomic E-state index is -0.964. The van der Waals surface area contributed by atoms with Crippen molar-refractivity contribution in [2.24, 2.45) is 11.8 Å². The fourth-order valence-electron chi connectivity index (χ4n) is 2.09. The van der Waals surface area contributed by atoms with Crippen molar-refractivity contribution in [3.8, 4) is 0 Å². The van der Waals surface area contributed by atoms with Crippen LogP contribution in [0.25, 0.3) is 0 Å². The van der Waals surface area contributed by atoms with Gasteiger partial charge in [-0.05, 0) is 26.7 Å². The molecule has 0 fully saturated rings. The lowest BCUT2D eigenvalue weighted by Gasteiger charge is -2.23. The zero-order chi connectivity index (χ0) is 14.7. The highest BCUT2D eigenvalue weighted by atomic mass is 16.4. The third-order valence-electron chi connectivity index (χ3n) is 3.41. The highest BCUT2D eigenvalue weighted by molar-refractivity contribution is 5.94. The highest BCUT2D eigenvalue weighted by Crippen LogP contribution is 2.26. The van der Waals surface area contributed by atoms with E-state index in [-0.39, 0.29) is 11.9 Å². The quantitative estimate of drug-likeness (QED) is 0.801. The van der Waals surface area contributed by atoms with Gasteiger partial charge in [-0.2, -0.15) is 5.10 Å². The molecular formula is C13H16N4O3. The van der Waals surface area contributed by atoms with E-state index in [1.807, 2.05) is 6.08 Å². The van der Waals surface area contributed by atoms with Gasteiger partial charge in [-0.25, -0.2) is 4.98 Å². The van der Waals surface area contributed by atoms with Gasteiger partial charge in [0.15, 0.2) is 0 Å². The lowest BCUT2D eigenvalue weighted by molar-refractivity contribution is -0.146. The molecule has 0 radical (unpaired) electrons.